The van der Waals surface area contributed by atoms with Crippen molar-refractivity contribution >= 4 is 16.9 Å². The third-order valence-electron chi connectivity index (χ3n) is 5.20. The zero-order valence-electron chi connectivity index (χ0n) is 17.8. The molecule has 4 heteroatoms. The lowest BCUT2D eigenvalue weighted by Gasteiger charge is -2.17. The smallest absolute Gasteiger partial charge is 0.150 e. The topological polar surface area (TPSA) is 42.7 Å². The van der Waals surface area contributed by atoms with Gasteiger partial charge in [0.25, 0.3) is 0 Å². The van der Waals surface area contributed by atoms with Crippen molar-refractivity contribution in [3.05, 3.63) is 46.4 Å². The van der Waals surface area contributed by atoms with Crippen LogP contribution in [-0.2, 0) is 0 Å². The second-order valence-corrected chi connectivity index (χ2v) is 7.94. The molecule has 4 nitrogen and oxygen atoms in total. The number of hydrogen-bond acceptors (Lipinski definition) is 3. The molecule has 0 fully saturated rings. The Balaban J connectivity index is 2.16. The zero-order chi connectivity index (χ0) is 19.7. The van der Waals surface area contributed by atoms with Gasteiger partial charge < -0.3 is 9.88 Å². The van der Waals surface area contributed by atoms with Crippen LogP contribution in [0.3, 0.4) is 0 Å². The van der Waals surface area contributed by atoms with E-state index in [-0.39, 0.29) is 0 Å². The molecule has 3 aromatic rings. The van der Waals surface area contributed by atoms with Crippen LogP contribution >= 0.6 is 0 Å². The molecule has 1 N–H and O–H groups in total. The van der Waals surface area contributed by atoms with Crippen molar-refractivity contribution < 1.29 is 0 Å². The Bertz CT molecular complexity index is 945. The molecule has 144 valence electrons. The molecule has 1 aromatic carbocycles. The number of rotatable bonds is 6. The van der Waals surface area contributed by atoms with Crippen LogP contribution in [0.25, 0.3) is 16.7 Å². The van der Waals surface area contributed by atoms with Crippen molar-refractivity contribution in [2.75, 3.05) is 5.32 Å². The van der Waals surface area contributed by atoms with E-state index in [0.29, 0.717) is 6.04 Å². The van der Waals surface area contributed by atoms with Crippen LogP contribution in [0, 0.1) is 34.6 Å². The van der Waals surface area contributed by atoms with Gasteiger partial charge in [-0.2, -0.15) is 0 Å². The van der Waals surface area contributed by atoms with Gasteiger partial charge in [0.15, 0.2) is 5.65 Å². The van der Waals surface area contributed by atoms with E-state index in [1.165, 1.54) is 40.8 Å². The highest BCUT2D eigenvalue weighted by atomic mass is 15.1. The third kappa shape index (κ3) is 3.85. The van der Waals surface area contributed by atoms with Crippen LogP contribution in [0.5, 0.6) is 0 Å². The van der Waals surface area contributed by atoms with Crippen LogP contribution in [0.15, 0.2) is 18.3 Å². The van der Waals surface area contributed by atoms with Crippen molar-refractivity contribution in [2.45, 2.75) is 73.8 Å². The fourth-order valence-electron chi connectivity index (χ4n) is 4.06. The van der Waals surface area contributed by atoms with Gasteiger partial charge in [-0.05, 0) is 64.7 Å². The minimum Gasteiger partial charge on any atom is -0.367 e. The first-order chi connectivity index (χ1) is 12.8. The highest BCUT2D eigenvalue weighted by molar-refractivity contribution is 5.92. The van der Waals surface area contributed by atoms with Crippen molar-refractivity contribution in [1.29, 1.82) is 0 Å². The monoisotopic (exact) mass is 364 g/mol. The van der Waals surface area contributed by atoms with E-state index in [4.69, 9.17) is 9.97 Å². The SMILES string of the molecule is CCCCC(C)Nc1nc(C)nc2c1c(C)cn2-c1c(C)cc(C)cc1C. The predicted octanol–water partition coefficient (Wildman–Crippen LogP) is 5.95. The summed E-state index contributed by atoms with van der Waals surface area (Å²) in [6, 6.07) is 4.88. The standard InChI is InChI=1S/C23H32N4/c1-8-9-10-18(6)24-22-20-17(5)13-27(23(20)26-19(7)25-22)21-15(3)11-14(2)12-16(21)4/h11-13,18H,8-10H2,1-7H3,(H,24,25,26). The maximum absolute atomic E-state index is 4.82. The Kier molecular flexibility index (Phi) is 5.54. The molecule has 0 radical (unpaired) electrons. The van der Waals surface area contributed by atoms with E-state index in [0.717, 1.165) is 29.1 Å². The number of fused-ring (bicyclic) bond motifs is 1. The van der Waals surface area contributed by atoms with Gasteiger partial charge in [-0.25, -0.2) is 9.97 Å². The molecule has 0 aliphatic rings. The predicted molar refractivity (Wildman–Crippen MR) is 115 cm³/mol. The van der Waals surface area contributed by atoms with Gasteiger partial charge in [-0.15, -0.1) is 0 Å². The molecule has 0 saturated carbocycles. The van der Waals surface area contributed by atoms with Crippen LogP contribution in [-0.4, -0.2) is 20.6 Å². The van der Waals surface area contributed by atoms with E-state index in [1.54, 1.807) is 0 Å². The van der Waals surface area contributed by atoms with Gasteiger partial charge in [-0.3, -0.25) is 0 Å². The van der Waals surface area contributed by atoms with E-state index in [2.05, 4.69) is 69.8 Å². The van der Waals surface area contributed by atoms with Gasteiger partial charge in [0.2, 0.25) is 0 Å². The fraction of sp³-hybridized carbons (Fsp3) is 0.478. The highest BCUT2D eigenvalue weighted by Crippen LogP contribution is 2.31. The van der Waals surface area contributed by atoms with Gasteiger partial charge in [0.05, 0.1) is 11.1 Å². The maximum atomic E-state index is 4.82. The molecule has 27 heavy (non-hydrogen) atoms. The van der Waals surface area contributed by atoms with Crippen molar-refractivity contribution in [1.82, 2.24) is 14.5 Å². The molecular formula is C23H32N4. The van der Waals surface area contributed by atoms with E-state index >= 15 is 0 Å². The summed E-state index contributed by atoms with van der Waals surface area (Å²) in [6.07, 6.45) is 5.79. The average Bonchev–Trinajstić information content (AvgIpc) is 2.88. The number of nitrogens with one attached hydrogen (secondary N) is 1. The van der Waals surface area contributed by atoms with Crippen molar-refractivity contribution in [3.63, 3.8) is 0 Å². The summed E-state index contributed by atoms with van der Waals surface area (Å²) < 4.78 is 2.24. The minimum atomic E-state index is 0.396. The molecule has 0 bridgehead atoms. The summed E-state index contributed by atoms with van der Waals surface area (Å²) in [5.74, 6) is 1.76. The lowest BCUT2D eigenvalue weighted by molar-refractivity contribution is 0.643. The third-order valence-corrected chi connectivity index (χ3v) is 5.20. The maximum Gasteiger partial charge on any atom is 0.150 e. The summed E-state index contributed by atoms with van der Waals surface area (Å²) in [6.45, 7) is 15.1. The Labute approximate surface area is 163 Å². The lowest BCUT2D eigenvalue weighted by Crippen LogP contribution is -2.16. The first kappa shape index (κ1) is 19.4. The van der Waals surface area contributed by atoms with Crippen molar-refractivity contribution in [3.8, 4) is 5.69 Å². The van der Waals surface area contributed by atoms with Crippen LogP contribution in [0.4, 0.5) is 5.82 Å². The number of benzene rings is 1. The summed E-state index contributed by atoms with van der Waals surface area (Å²) >= 11 is 0. The quantitative estimate of drug-likeness (QED) is 0.587. The van der Waals surface area contributed by atoms with Gasteiger partial charge in [0.1, 0.15) is 11.6 Å². The van der Waals surface area contributed by atoms with E-state index < -0.39 is 0 Å². The Hall–Kier alpha value is -2.36. The van der Waals surface area contributed by atoms with Crippen LogP contribution in [0.2, 0.25) is 0 Å². The Morgan fingerprint density at radius 1 is 1.00 bits per heavy atom. The number of aryl methyl sites for hydroxylation is 5. The number of hydrogen-bond donors (Lipinski definition) is 1. The average molecular weight is 365 g/mol. The largest absolute Gasteiger partial charge is 0.367 e. The van der Waals surface area contributed by atoms with Crippen LogP contribution in [0.1, 0.15) is 61.2 Å². The molecule has 0 aliphatic heterocycles. The van der Waals surface area contributed by atoms with E-state index in [1.807, 2.05) is 6.92 Å². The van der Waals surface area contributed by atoms with Gasteiger partial charge in [-0.1, -0.05) is 37.5 Å². The zero-order valence-corrected chi connectivity index (χ0v) is 17.8. The van der Waals surface area contributed by atoms with Gasteiger partial charge >= 0.3 is 0 Å². The molecule has 3 rings (SSSR count). The summed E-state index contributed by atoms with van der Waals surface area (Å²) in [7, 11) is 0. The molecule has 2 aromatic heterocycles. The molecule has 0 aliphatic carbocycles. The molecular weight excluding hydrogens is 332 g/mol. The molecule has 2 heterocycles. The van der Waals surface area contributed by atoms with Crippen molar-refractivity contribution in [2.24, 2.45) is 0 Å². The number of anilines is 1. The summed E-state index contributed by atoms with van der Waals surface area (Å²) in [4.78, 5) is 9.56. The first-order valence-corrected chi connectivity index (χ1v) is 10.0. The summed E-state index contributed by atoms with van der Waals surface area (Å²) in [5.41, 5.74) is 7.24. The second-order valence-electron chi connectivity index (χ2n) is 7.94. The fourth-order valence-corrected chi connectivity index (χ4v) is 4.06. The van der Waals surface area contributed by atoms with E-state index in [9.17, 15) is 0 Å². The normalized spacial score (nSPS) is 12.6. The van der Waals surface area contributed by atoms with Gasteiger partial charge in [0, 0.05) is 12.2 Å². The lowest BCUT2D eigenvalue weighted by atomic mass is 10.1. The first-order valence-electron chi connectivity index (χ1n) is 10.0. The number of nitrogens with zero attached hydrogens (tertiary/aromatic N) is 3. The second kappa shape index (κ2) is 7.71. The highest BCUT2D eigenvalue weighted by Gasteiger charge is 2.18. The molecule has 0 saturated heterocycles. The number of unbranched alkanes of at least 4 members (excludes halogenated alkanes) is 1. The Morgan fingerprint density at radius 3 is 2.30 bits per heavy atom. The molecule has 0 amide bonds. The minimum absolute atomic E-state index is 0.396. The summed E-state index contributed by atoms with van der Waals surface area (Å²) in [5, 5.41) is 4.77. The number of aromatic nitrogens is 3. The molecule has 1 atom stereocenters. The van der Waals surface area contributed by atoms with Crippen LogP contribution < -0.4 is 5.32 Å². The molecule has 0 spiro atoms. The Morgan fingerprint density at radius 2 is 1.67 bits per heavy atom. The molecule has 1 unspecified atom stereocenters.